The van der Waals surface area contributed by atoms with Crippen molar-refractivity contribution in [2.24, 2.45) is 0 Å². The van der Waals surface area contributed by atoms with Gasteiger partial charge in [-0.2, -0.15) is 0 Å². The van der Waals surface area contributed by atoms with Crippen LogP contribution in [0.2, 0.25) is 0 Å². The van der Waals surface area contributed by atoms with Gasteiger partial charge in [-0.25, -0.2) is 0 Å². The molecule has 0 unspecified atom stereocenters. The largest absolute Gasteiger partial charge is 0.497 e. The van der Waals surface area contributed by atoms with Gasteiger partial charge >= 0.3 is 0 Å². The van der Waals surface area contributed by atoms with Crippen molar-refractivity contribution in [2.45, 2.75) is 32.6 Å². The van der Waals surface area contributed by atoms with Crippen LogP contribution >= 0.6 is 0 Å². The maximum atomic E-state index is 5.62. The summed E-state index contributed by atoms with van der Waals surface area (Å²) in [7, 11) is 5.40. The highest BCUT2D eigenvalue weighted by Crippen LogP contribution is 2.37. The molecule has 0 spiro atoms. The summed E-state index contributed by atoms with van der Waals surface area (Å²) in [6.45, 7) is 7.48. The van der Waals surface area contributed by atoms with E-state index in [1.165, 1.54) is 11.1 Å². The second-order valence-corrected chi connectivity index (χ2v) is 5.47. The van der Waals surface area contributed by atoms with Gasteiger partial charge in [-0.05, 0) is 43.1 Å². The SMILES string of the molecule is CNCCc1cc(OC)cc(C(C)(C)C)c1OC. The Kier molecular flexibility index (Phi) is 5.03. The number of benzene rings is 1. The standard InChI is InChI=1S/C15H25NO2/c1-15(2,3)13-10-12(17-5)9-11(7-8-16-4)14(13)18-6/h9-10,16H,7-8H2,1-6H3. The zero-order chi connectivity index (χ0) is 13.8. The number of likely N-dealkylation sites (N-methyl/N-ethyl adjacent to an activating group) is 1. The van der Waals surface area contributed by atoms with E-state index >= 15 is 0 Å². The molecule has 0 saturated heterocycles. The Morgan fingerprint density at radius 1 is 1.11 bits per heavy atom. The molecular formula is C15H25NO2. The maximum Gasteiger partial charge on any atom is 0.126 e. The van der Waals surface area contributed by atoms with E-state index in [1.54, 1.807) is 14.2 Å². The summed E-state index contributed by atoms with van der Waals surface area (Å²) >= 11 is 0. The van der Waals surface area contributed by atoms with Crippen molar-refractivity contribution in [3.8, 4) is 11.5 Å². The normalized spacial score (nSPS) is 11.4. The first kappa shape index (κ1) is 14.8. The molecule has 0 atom stereocenters. The summed E-state index contributed by atoms with van der Waals surface area (Å²) in [4.78, 5) is 0. The van der Waals surface area contributed by atoms with Gasteiger partial charge in [0.25, 0.3) is 0 Å². The molecule has 0 radical (unpaired) electrons. The molecular weight excluding hydrogens is 226 g/mol. The fourth-order valence-corrected chi connectivity index (χ4v) is 2.02. The van der Waals surface area contributed by atoms with Crippen molar-refractivity contribution in [1.29, 1.82) is 0 Å². The van der Waals surface area contributed by atoms with Gasteiger partial charge in [-0.15, -0.1) is 0 Å². The lowest BCUT2D eigenvalue weighted by atomic mass is 9.84. The van der Waals surface area contributed by atoms with Crippen molar-refractivity contribution in [1.82, 2.24) is 5.32 Å². The second-order valence-electron chi connectivity index (χ2n) is 5.47. The van der Waals surface area contributed by atoms with E-state index in [9.17, 15) is 0 Å². The Morgan fingerprint density at radius 3 is 2.22 bits per heavy atom. The van der Waals surface area contributed by atoms with Crippen molar-refractivity contribution < 1.29 is 9.47 Å². The van der Waals surface area contributed by atoms with Crippen LogP contribution in [-0.2, 0) is 11.8 Å². The van der Waals surface area contributed by atoms with E-state index in [1.807, 2.05) is 7.05 Å². The molecule has 0 fully saturated rings. The topological polar surface area (TPSA) is 30.5 Å². The van der Waals surface area contributed by atoms with Crippen molar-refractivity contribution in [3.05, 3.63) is 23.3 Å². The average molecular weight is 251 g/mol. The molecule has 0 aliphatic heterocycles. The number of nitrogens with one attached hydrogen (secondary N) is 1. The summed E-state index contributed by atoms with van der Waals surface area (Å²) in [5.41, 5.74) is 2.42. The number of methoxy groups -OCH3 is 2. The zero-order valence-electron chi connectivity index (χ0n) is 12.4. The summed E-state index contributed by atoms with van der Waals surface area (Å²) in [6.07, 6.45) is 0.931. The molecule has 3 nitrogen and oxygen atoms in total. The predicted octanol–water partition coefficient (Wildman–Crippen LogP) is 2.76. The smallest absolute Gasteiger partial charge is 0.126 e. The molecule has 1 N–H and O–H groups in total. The maximum absolute atomic E-state index is 5.62. The molecule has 0 aliphatic carbocycles. The van der Waals surface area contributed by atoms with Crippen LogP contribution < -0.4 is 14.8 Å². The minimum atomic E-state index is 0.0360. The third-order valence-corrected chi connectivity index (χ3v) is 3.03. The van der Waals surface area contributed by atoms with E-state index in [2.05, 4.69) is 38.2 Å². The van der Waals surface area contributed by atoms with E-state index < -0.39 is 0 Å². The van der Waals surface area contributed by atoms with Crippen LogP contribution in [0.5, 0.6) is 11.5 Å². The van der Waals surface area contributed by atoms with E-state index in [-0.39, 0.29) is 5.41 Å². The zero-order valence-corrected chi connectivity index (χ0v) is 12.4. The fourth-order valence-electron chi connectivity index (χ4n) is 2.02. The number of rotatable bonds is 5. The molecule has 0 bridgehead atoms. The molecule has 18 heavy (non-hydrogen) atoms. The van der Waals surface area contributed by atoms with Crippen LogP contribution in [0.3, 0.4) is 0 Å². The first-order valence-electron chi connectivity index (χ1n) is 6.34. The van der Waals surface area contributed by atoms with Crippen LogP contribution in [0.1, 0.15) is 31.9 Å². The second kappa shape index (κ2) is 6.10. The van der Waals surface area contributed by atoms with E-state index in [0.29, 0.717) is 0 Å². The number of hydrogen-bond donors (Lipinski definition) is 1. The first-order chi connectivity index (χ1) is 8.43. The summed E-state index contributed by atoms with van der Waals surface area (Å²) < 4.78 is 11.0. The lowest BCUT2D eigenvalue weighted by Gasteiger charge is -2.25. The number of hydrogen-bond acceptors (Lipinski definition) is 3. The van der Waals surface area contributed by atoms with Crippen LogP contribution in [-0.4, -0.2) is 27.8 Å². The molecule has 0 saturated carbocycles. The van der Waals surface area contributed by atoms with E-state index in [4.69, 9.17) is 9.47 Å². The van der Waals surface area contributed by atoms with Gasteiger partial charge in [0.2, 0.25) is 0 Å². The summed E-state index contributed by atoms with van der Waals surface area (Å²) in [6, 6.07) is 4.13. The van der Waals surface area contributed by atoms with Crippen LogP contribution in [0.25, 0.3) is 0 Å². The predicted molar refractivity (Wildman–Crippen MR) is 75.9 cm³/mol. The van der Waals surface area contributed by atoms with Gasteiger partial charge in [-0.3, -0.25) is 0 Å². The minimum Gasteiger partial charge on any atom is -0.497 e. The van der Waals surface area contributed by atoms with Gasteiger partial charge in [-0.1, -0.05) is 20.8 Å². The third kappa shape index (κ3) is 3.39. The first-order valence-corrected chi connectivity index (χ1v) is 6.34. The van der Waals surface area contributed by atoms with Gasteiger partial charge in [0.15, 0.2) is 0 Å². The highest BCUT2D eigenvalue weighted by molar-refractivity contribution is 5.50. The summed E-state index contributed by atoms with van der Waals surface area (Å²) in [5.74, 6) is 1.88. The lowest BCUT2D eigenvalue weighted by molar-refractivity contribution is 0.382. The van der Waals surface area contributed by atoms with E-state index in [0.717, 1.165) is 24.5 Å². The molecule has 0 aliphatic rings. The Balaban J connectivity index is 3.30. The highest BCUT2D eigenvalue weighted by Gasteiger charge is 2.22. The Hall–Kier alpha value is -1.22. The highest BCUT2D eigenvalue weighted by atomic mass is 16.5. The van der Waals surface area contributed by atoms with Crippen LogP contribution in [0.15, 0.2) is 12.1 Å². The fraction of sp³-hybridized carbons (Fsp3) is 0.600. The quantitative estimate of drug-likeness (QED) is 0.873. The van der Waals surface area contributed by atoms with Gasteiger partial charge in [0.1, 0.15) is 11.5 Å². The average Bonchev–Trinajstić information content (AvgIpc) is 2.33. The van der Waals surface area contributed by atoms with Crippen molar-refractivity contribution in [3.63, 3.8) is 0 Å². The molecule has 0 heterocycles. The number of ether oxygens (including phenoxy) is 2. The molecule has 1 aromatic rings. The van der Waals surface area contributed by atoms with Crippen LogP contribution in [0, 0.1) is 0 Å². The van der Waals surface area contributed by atoms with Gasteiger partial charge < -0.3 is 14.8 Å². The van der Waals surface area contributed by atoms with Crippen molar-refractivity contribution >= 4 is 0 Å². The van der Waals surface area contributed by atoms with Gasteiger partial charge in [0.05, 0.1) is 14.2 Å². The molecule has 1 aromatic carbocycles. The van der Waals surface area contributed by atoms with Gasteiger partial charge in [0, 0.05) is 5.56 Å². The summed E-state index contributed by atoms with van der Waals surface area (Å²) in [5, 5.41) is 3.17. The Morgan fingerprint density at radius 2 is 1.78 bits per heavy atom. The molecule has 102 valence electrons. The van der Waals surface area contributed by atoms with Crippen LogP contribution in [0.4, 0.5) is 0 Å². The molecule has 3 heteroatoms. The molecule has 1 rings (SSSR count). The Bertz CT molecular complexity index is 394. The Labute approximate surface area is 110 Å². The lowest BCUT2D eigenvalue weighted by Crippen LogP contribution is -2.16. The van der Waals surface area contributed by atoms with Crippen molar-refractivity contribution in [2.75, 3.05) is 27.8 Å². The monoisotopic (exact) mass is 251 g/mol. The third-order valence-electron chi connectivity index (χ3n) is 3.03. The molecule has 0 amide bonds. The molecule has 0 aromatic heterocycles. The minimum absolute atomic E-state index is 0.0360.